The monoisotopic (exact) mass is 396 g/mol. The van der Waals surface area contributed by atoms with Gasteiger partial charge in [-0.25, -0.2) is 0 Å². The van der Waals surface area contributed by atoms with Crippen molar-refractivity contribution in [3.05, 3.63) is 65.7 Å². The van der Waals surface area contributed by atoms with Crippen LogP contribution < -0.4 is 10.1 Å². The molecule has 0 aliphatic heterocycles. The van der Waals surface area contributed by atoms with Crippen molar-refractivity contribution in [2.24, 2.45) is 0 Å². The van der Waals surface area contributed by atoms with Crippen LogP contribution in [0.15, 0.2) is 54.6 Å². The van der Waals surface area contributed by atoms with E-state index in [1.54, 1.807) is 11.9 Å². The predicted octanol–water partition coefficient (Wildman–Crippen LogP) is 3.75. The fraction of sp³-hybridized carbons (Fsp3) is 0.417. The lowest BCUT2D eigenvalue weighted by atomic mass is 10.1. The third kappa shape index (κ3) is 7.26. The highest BCUT2D eigenvalue weighted by molar-refractivity contribution is 5.87. The van der Waals surface area contributed by atoms with Gasteiger partial charge >= 0.3 is 0 Å². The lowest BCUT2D eigenvalue weighted by Gasteiger charge is -2.30. The number of rotatable bonds is 11. The average Bonchev–Trinajstić information content (AvgIpc) is 2.75. The van der Waals surface area contributed by atoms with Gasteiger partial charge in [0.15, 0.2) is 0 Å². The lowest BCUT2D eigenvalue weighted by molar-refractivity contribution is -0.140. The summed E-state index contributed by atoms with van der Waals surface area (Å²) in [6, 6.07) is 17.4. The van der Waals surface area contributed by atoms with Gasteiger partial charge in [-0.2, -0.15) is 0 Å². The van der Waals surface area contributed by atoms with Gasteiger partial charge in [0.05, 0.1) is 6.61 Å². The molecule has 1 N–H and O–H groups in total. The summed E-state index contributed by atoms with van der Waals surface area (Å²) < 4.78 is 5.73. The summed E-state index contributed by atoms with van der Waals surface area (Å²) in [6.45, 7) is 4.96. The van der Waals surface area contributed by atoms with E-state index < -0.39 is 6.04 Å². The Bertz CT molecular complexity index is 759. The molecule has 0 spiro atoms. The summed E-state index contributed by atoms with van der Waals surface area (Å²) in [5, 5.41) is 2.69. The van der Waals surface area contributed by atoms with Crippen molar-refractivity contribution in [3.63, 3.8) is 0 Å². The number of hydrogen-bond donors (Lipinski definition) is 1. The quantitative estimate of drug-likeness (QED) is 0.589. The molecule has 2 rings (SSSR count). The number of ether oxygens (including phenoxy) is 1. The Hall–Kier alpha value is -2.82. The second-order valence-corrected chi connectivity index (χ2v) is 7.13. The first-order valence-electron chi connectivity index (χ1n) is 10.3. The molecule has 0 fully saturated rings. The van der Waals surface area contributed by atoms with Crippen molar-refractivity contribution < 1.29 is 14.3 Å². The fourth-order valence-corrected chi connectivity index (χ4v) is 3.25. The van der Waals surface area contributed by atoms with Crippen molar-refractivity contribution in [2.45, 2.75) is 45.6 Å². The van der Waals surface area contributed by atoms with E-state index in [2.05, 4.69) is 5.32 Å². The molecule has 0 bridgehead atoms. The van der Waals surface area contributed by atoms with Crippen molar-refractivity contribution in [3.8, 4) is 5.75 Å². The van der Waals surface area contributed by atoms with Crippen LogP contribution in [-0.2, 0) is 16.0 Å². The molecular formula is C24H32N2O3. The zero-order chi connectivity index (χ0) is 21.1. The molecule has 156 valence electrons. The topological polar surface area (TPSA) is 58.6 Å². The highest BCUT2D eigenvalue weighted by atomic mass is 16.5. The smallest absolute Gasteiger partial charge is 0.242 e. The summed E-state index contributed by atoms with van der Waals surface area (Å²) in [4.78, 5) is 27.0. The lowest BCUT2D eigenvalue weighted by Crippen LogP contribution is -2.49. The SMILES string of the molecule is CCC(C(=O)NC)N(CCc1ccccc1)C(=O)CCCOc1ccc(C)cc1. The highest BCUT2D eigenvalue weighted by Gasteiger charge is 2.27. The standard InChI is InChI=1S/C24H32N2O3/c1-4-22(24(28)25-3)26(17-16-20-9-6-5-7-10-20)23(27)11-8-18-29-21-14-12-19(2)13-15-21/h5-7,9-10,12-15,22H,4,8,11,16-18H2,1-3H3,(H,25,28). The molecule has 2 aromatic rings. The zero-order valence-corrected chi connectivity index (χ0v) is 17.7. The van der Waals surface area contributed by atoms with E-state index in [4.69, 9.17) is 4.74 Å². The van der Waals surface area contributed by atoms with Crippen LogP contribution >= 0.6 is 0 Å². The number of carbonyl (C=O) groups is 2. The third-order valence-electron chi connectivity index (χ3n) is 4.94. The van der Waals surface area contributed by atoms with Crippen LogP contribution in [0, 0.1) is 6.92 Å². The largest absolute Gasteiger partial charge is 0.494 e. The molecule has 1 unspecified atom stereocenters. The van der Waals surface area contributed by atoms with Crippen LogP contribution in [0.5, 0.6) is 5.75 Å². The van der Waals surface area contributed by atoms with Crippen molar-refractivity contribution in [1.82, 2.24) is 10.2 Å². The number of hydrogen-bond acceptors (Lipinski definition) is 3. The molecule has 0 radical (unpaired) electrons. The van der Waals surface area contributed by atoms with E-state index in [1.165, 1.54) is 5.56 Å². The van der Waals surface area contributed by atoms with Crippen LogP contribution in [0.2, 0.25) is 0 Å². The van der Waals surface area contributed by atoms with E-state index >= 15 is 0 Å². The molecule has 0 aromatic heterocycles. The Morgan fingerprint density at radius 1 is 1.07 bits per heavy atom. The minimum absolute atomic E-state index is 0.0103. The van der Waals surface area contributed by atoms with Gasteiger partial charge in [0.25, 0.3) is 0 Å². The highest BCUT2D eigenvalue weighted by Crippen LogP contribution is 2.14. The maximum absolute atomic E-state index is 12.9. The number of aryl methyl sites for hydroxylation is 1. The molecule has 2 amide bonds. The number of carbonyl (C=O) groups excluding carboxylic acids is 2. The molecule has 0 aliphatic carbocycles. The fourth-order valence-electron chi connectivity index (χ4n) is 3.25. The Balaban J connectivity index is 1.93. The normalized spacial score (nSPS) is 11.6. The molecule has 0 saturated carbocycles. The Morgan fingerprint density at radius 2 is 1.76 bits per heavy atom. The Kier molecular flexibility index (Phi) is 9.22. The van der Waals surface area contributed by atoms with Gasteiger partial charge in [-0.3, -0.25) is 9.59 Å². The van der Waals surface area contributed by atoms with Gasteiger partial charge in [0, 0.05) is 20.0 Å². The van der Waals surface area contributed by atoms with E-state index in [0.29, 0.717) is 32.4 Å². The van der Waals surface area contributed by atoms with Crippen LogP contribution in [0.4, 0.5) is 0 Å². The van der Waals surface area contributed by atoms with Crippen molar-refractivity contribution in [1.29, 1.82) is 0 Å². The van der Waals surface area contributed by atoms with Gasteiger partial charge in [0.1, 0.15) is 11.8 Å². The summed E-state index contributed by atoms with van der Waals surface area (Å²) >= 11 is 0. The first-order chi connectivity index (χ1) is 14.0. The molecule has 1 atom stereocenters. The van der Waals surface area contributed by atoms with Gasteiger partial charge in [-0.15, -0.1) is 0 Å². The first-order valence-corrected chi connectivity index (χ1v) is 10.3. The molecule has 0 aliphatic rings. The summed E-state index contributed by atoms with van der Waals surface area (Å²) in [5.74, 6) is 0.675. The third-order valence-corrected chi connectivity index (χ3v) is 4.94. The number of nitrogens with zero attached hydrogens (tertiary/aromatic N) is 1. The first kappa shape index (κ1) is 22.5. The van der Waals surface area contributed by atoms with Crippen LogP contribution in [0.25, 0.3) is 0 Å². The molecule has 2 aromatic carbocycles. The molecule has 0 saturated heterocycles. The maximum Gasteiger partial charge on any atom is 0.242 e. The molecule has 29 heavy (non-hydrogen) atoms. The molecule has 5 heteroatoms. The van der Waals surface area contributed by atoms with E-state index in [9.17, 15) is 9.59 Å². The minimum Gasteiger partial charge on any atom is -0.494 e. The van der Waals surface area contributed by atoms with E-state index in [1.807, 2.05) is 68.4 Å². The zero-order valence-electron chi connectivity index (χ0n) is 17.7. The van der Waals surface area contributed by atoms with Gasteiger partial charge in [0.2, 0.25) is 11.8 Å². The van der Waals surface area contributed by atoms with E-state index in [0.717, 1.165) is 17.7 Å². The second-order valence-electron chi connectivity index (χ2n) is 7.13. The van der Waals surface area contributed by atoms with Gasteiger partial charge < -0.3 is 15.0 Å². The Morgan fingerprint density at radius 3 is 2.38 bits per heavy atom. The Labute approximate surface area is 174 Å². The van der Waals surface area contributed by atoms with Crippen LogP contribution in [0.1, 0.15) is 37.3 Å². The van der Waals surface area contributed by atoms with Crippen molar-refractivity contribution >= 4 is 11.8 Å². The number of nitrogens with one attached hydrogen (secondary N) is 1. The summed E-state index contributed by atoms with van der Waals surface area (Å²) in [7, 11) is 1.61. The minimum atomic E-state index is -0.450. The van der Waals surface area contributed by atoms with Gasteiger partial charge in [-0.05, 0) is 43.9 Å². The van der Waals surface area contributed by atoms with Gasteiger partial charge in [-0.1, -0.05) is 55.0 Å². The van der Waals surface area contributed by atoms with E-state index in [-0.39, 0.29) is 11.8 Å². The predicted molar refractivity (Wildman–Crippen MR) is 116 cm³/mol. The van der Waals surface area contributed by atoms with Crippen molar-refractivity contribution in [2.75, 3.05) is 20.2 Å². The maximum atomic E-state index is 12.9. The summed E-state index contributed by atoms with van der Waals surface area (Å²) in [5.41, 5.74) is 2.33. The van der Waals surface area contributed by atoms with Crippen LogP contribution in [0.3, 0.4) is 0 Å². The molecule has 5 nitrogen and oxygen atoms in total. The average molecular weight is 397 g/mol. The number of likely N-dealkylation sites (N-methyl/N-ethyl adjacent to an activating group) is 1. The summed E-state index contributed by atoms with van der Waals surface area (Å²) in [6.07, 6.45) is 2.27. The number of amides is 2. The number of benzene rings is 2. The molecule has 0 heterocycles. The van der Waals surface area contributed by atoms with Crippen LogP contribution in [-0.4, -0.2) is 43.0 Å². The second kappa shape index (κ2) is 11.9. The molecular weight excluding hydrogens is 364 g/mol.